The van der Waals surface area contributed by atoms with E-state index in [2.05, 4.69) is 4.98 Å². The molecule has 5 heteroatoms. The first-order valence-corrected chi connectivity index (χ1v) is 7.67. The summed E-state index contributed by atoms with van der Waals surface area (Å²) in [5.74, 6) is 1.66. The lowest BCUT2D eigenvalue weighted by Gasteiger charge is -2.26. The van der Waals surface area contributed by atoms with Crippen molar-refractivity contribution < 1.29 is 14.3 Å². The minimum atomic E-state index is -0.0535. The van der Waals surface area contributed by atoms with Gasteiger partial charge in [-0.25, -0.2) is 4.98 Å². The maximum Gasteiger partial charge on any atom is 0.225 e. The molecule has 21 heavy (non-hydrogen) atoms. The third-order valence-electron chi connectivity index (χ3n) is 4.90. The van der Waals surface area contributed by atoms with Gasteiger partial charge in [0.15, 0.2) is 0 Å². The van der Waals surface area contributed by atoms with Gasteiger partial charge in [-0.2, -0.15) is 0 Å². The van der Waals surface area contributed by atoms with Gasteiger partial charge in [0.2, 0.25) is 11.8 Å². The smallest absolute Gasteiger partial charge is 0.225 e. The Bertz CT molecular complexity index is 532. The fourth-order valence-corrected chi connectivity index (χ4v) is 3.44. The Kier molecular flexibility index (Phi) is 3.10. The third-order valence-corrected chi connectivity index (χ3v) is 4.90. The van der Waals surface area contributed by atoms with Crippen molar-refractivity contribution in [1.82, 2.24) is 9.88 Å². The van der Waals surface area contributed by atoms with Crippen molar-refractivity contribution in [1.29, 1.82) is 0 Å². The highest BCUT2D eigenvalue weighted by Crippen LogP contribution is 2.43. The zero-order chi connectivity index (χ0) is 14.3. The first kappa shape index (κ1) is 13.1. The molecule has 1 aliphatic carbocycles. The van der Waals surface area contributed by atoms with E-state index >= 15 is 0 Å². The van der Waals surface area contributed by atoms with Crippen LogP contribution in [-0.4, -0.2) is 48.7 Å². The highest BCUT2D eigenvalue weighted by atomic mass is 16.5. The molecule has 112 valence electrons. The molecule has 0 spiro atoms. The number of nitrogens with zero attached hydrogens (tertiary/aromatic N) is 2. The Morgan fingerprint density at radius 1 is 1.48 bits per heavy atom. The Hall–Kier alpha value is -1.62. The van der Waals surface area contributed by atoms with Crippen molar-refractivity contribution >= 4 is 5.91 Å². The molecule has 0 N–H and O–H groups in total. The molecule has 0 unspecified atom stereocenters. The first-order valence-electron chi connectivity index (χ1n) is 7.67. The lowest BCUT2D eigenvalue weighted by molar-refractivity contribution is -0.132. The number of carbonyl (C=O) groups is 1. The average molecular weight is 288 g/mol. The predicted octanol–water partition coefficient (Wildman–Crippen LogP) is 1.35. The van der Waals surface area contributed by atoms with Gasteiger partial charge in [-0.15, -0.1) is 0 Å². The van der Waals surface area contributed by atoms with Gasteiger partial charge in [0, 0.05) is 37.2 Å². The van der Waals surface area contributed by atoms with Crippen molar-refractivity contribution in [2.45, 2.75) is 12.8 Å². The van der Waals surface area contributed by atoms with Gasteiger partial charge < -0.3 is 14.4 Å². The van der Waals surface area contributed by atoms with E-state index in [9.17, 15) is 4.79 Å². The van der Waals surface area contributed by atoms with Crippen LogP contribution in [0.5, 0.6) is 5.88 Å². The zero-order valence-electron chi connectivity index (χ0n) is 12.0. The first-order chi connectivity index (χ1) is 10.3. The van der Waals surface area contributed by atoms with Crippen molar-refractivity contribution in [3.05, 3.63) is 24.4 Å². The Morgan fingerprint density at radius 2 is 2.38 bits per heavy atom. The van der Waals surface area contributed by atoms with Crippen LogP contribution < -0.4 is 4.74 Å². The molecule has 4 rings (SSSR count). The number of amides is 1. The minimum Gasteiger partial charge on any atom is -0.477 e. The van der Waals surface area contributed by atoms with E-state index in [4.69, 9.17) is 9.47 Å². The number of hydrogen-bond acceptors (Lipinski definition) is 4. The molecule has 3 fully saturated rings. The molecule has 1 aromatic heterocycles. The second-order valence-corrected chi connectivity index (χ2v) is 6.52. The number of ether oxygens (including phenoxy) is 2. The summed E-state index contributed by atoms with van der Waals surface area (Å²) in [5, 5.41) is 0. The zero-order valence-corrected chi connectivity index (χ0v) is 12.0. The summed E-state index contributed by atoms with van der Waals surface area (Å²) in [7, 11) is 0. The molecule has 2 saturated heterocycles. The van der Waals surface area contributed by atoms with E-state index in [0.29, 0.717) is 36.8 Å². The summed E-state index contributed by atoms with van der Waals surface area (Å²) < 4.78 is 11.5. The summed E-state index contributed by atoms with van der Waals surface area (Å²) in [4.78, 5) is 18.5. The van der Waals surface area contributed by atoms with E-state index in [1.165, 1.54) is 0 Å². The van der Waals surface area contributed by atoms with Crippen LogP contribution >= 0.6 is 0 Å². The average Bonchev–Trinajstić information content (AvgIpc) is 3.19. The van der Waals surface area contributed by atoms with Crippen molar-refractivity contribution in [2.24, 2.45) is 17.3 Å². The number of likely N-dealkylation sites (tertiary alicyclic amines) is 1. The van der Waals surface area contributed by atoms with E-state index in [1.54, 1.807) is 6.20 Å². The SMILES string of the molecule is O=C(C1CC1)N1C[C@@H]2COC[C@]2(COc2ccccn2)C1. The number of hydrogen-bond donors (Lipinski definition) is 0. The normalized spacial score (nSPS) is 31.2. The lowest BCUT2D eigenvalue weighted by atomic mass is 9.82. The summed E-state index contributed by atoms with van der Waals surface area (Å²) in [6, 6.07) is 5.65. The maximum atomic E-state index is 12.3. The molecular formula is C16H20N2O3. The Labute approximate surface area is 124 Å². The van der Waals surface area contributed by atoms with Crippen molar-refractivity contribution in [3.63, 3.8) is 0 Å². The molecular weight excluding hydrogens is 268 g/mol. The van der Waals surface area contributed by atoms with Gasteiger partial charge in [-0.05, 0) is 18.9 Å². The summed E-state index contributed by atoms with van der Waals surface area (Å²) >= 11 is 0. The van der Waals surface area contributed by atoms with E-state index < -0.39 is 0 Å². The molecule has 0 aromatic carbocycles. The summed E-state index contributed by atoms with van der Waals surface area (Å²) in [5.41, 5.74) is -0.0535. The van der Waals surface area contributed by atoms with Gasteiger partial charge >= 0.3 is 0 Å². The van der Waals surface area contributed by atoms with Crippen LogP contribution in [0.15, 0.2) is 24.4 Å². The molecule has 5 nitrogen and oxygen atoms in total. The van der Waals surface area contributed by atoms with Crippen molar-refractivity contribution in [3.8, 4) is 5.88 Å². The maximum absolute atomic E-state index is 12.3. The molecule has 2 atom stereocenters. The number of pyridine rings is 1. The predicted molar refractivity (Wildman–Crippen MR) is 75.8 cm³/mol. The summed E-state index contributed by atoms with van der Waals surface area (Å²) in [6.45, 7) is 3.57. The van der Waals surface area contributed by atoms with Gasteiger partial charge in [-0.1, -0.05) is 6.07 Å². The number of aromatic nitrogens is 1. The van der Waals surface area contributed by atoms with Crippen LogP contribution in [0.25, 0.3) is 0 Å². The van der Waals surface area contributed by atoms with E-state index in [0.717, 1.165) is 32.5 Å². The second-order valence-electron chi connectivity index (χ2n) is 6.52. The molecule has 3 aliphatic rings. The van der Waals surface area contributed by atoms with Crippen LogP contribution in [0.2, 0.25) is 0 Å². The second kappa shape index (κ2) is 4.98. The third kappa shape index (κ3) is 2.39. The van der Waals surface area contributed by atoms with Crippen LogP contribution in [-0.2, 0) is 9.53 Å². The van der Waals surface area contributed by atoms with Crippen molar-refractivity contribution in [2.75, 3.05) is 32.9 Å². The fourth-order valence-electron chi connectivity index (χ4n) is 3.44. The molecule has 1 saturated carbocycles. The van der Waals surface area contributed by atoms with Crippen LogP contribution in [0, 0.1) is 17.3 Å². The molecule has 3 heterocycles. The molecule has 1 amide bonds. The van der Waals surface area contributed by atoms with Gasteiger partial charge in [0.05, 0.1) is 25.2 Å². The van der Waals surface area contributed by atoms with E-state index in [-0.39, 0.29) is 5.41 Å². The minimum absolute atomic E-state index is 0.0535. The largest absolute Gasteiger partial charge is 0.477 e. The number of carbonyl (C=O) groups excluding carboxylic acids is 1. The van der Waals surface area contributed by atoms with Crippen LogP contribution in [0.3, 0.4) is 0 Å². The van der Waals surface area contributed by atoms with Crippen LogP contribution in [0.4, 0.5) is 0 Å². The quantitative estimate of drug-likeness (QED) is 0.839. The van der Waals surface area contributed by atoms with E-state index in [1.807, 2.05) is 23.1 Å². The van der Waals surface area contributed by atoms with Gasteiger partial charge in [0.25, 0.3) is 0 Å². The standard InChI is InChI=1S/C16H20N2O3/c19-15(12-4-5-12)18-7-13-8-20-10-16(13,9-18)11-21-14-3-1-2-6-17-14/h1-3,6,12-13H,4-5,7-11H2/t13-,16+/m1/s1. The number of rotatable bonds is 4. The highest BCUT2D eigenvalue weighted by molar-refractivity contribution is 5.81. The van der Waals surface area contributed by atoms with Crippen LogP contribution in [0.1, 0.15) is 12.8 Å². The Balaban J connectivity index is 1.45. The molecule has 1 aromatic rings. The Morgan fingerprint density at radius 3 is 3.14 bits per heavy atom. The lowest BCUT2D eigenvalue weighted by Crippen LogP contribution is -2.38. The van der Waals surface area contributed by atoms with Gasteiger partial charge in [0.1, 0.15) is 0 Å². The highest BCUT2D eigenvalue weighted by Gasteiger charge is 2.53. The fraction of sp³-hybridized carbons (Fsp3) is 0.625. The number of fused-ring (bicyclic) bond motifs is 1. The molecule has 2 aliphatic heterocycles. The molecule has 0 radical (unpaired) electrons. The molecule has 0 bridgehead atoms. The topological polar surface area (TPSA) is 51.7 Å². The summed E-state index contributed by atoms with van der Waals surface area (Å²) in [6.07, 6.45) is 3.86. The van der Waals surface area contributed by atoms with Gasteiger partial charge in [-0.3, -0.25) is 4.79 Å². The monoisotopic (exact) mass is 288 g/mol.